The summed E-state index contributed by atoms with van der Waals surface area (Å²) in [6.07, 6.45) is 2.40. The maximum atomic E-state index is 12.5. The first-order valence-electron chi connectivity index (χ1n) is 9.32. The molecule has 138 valence electrons. The van der Waals surface area contributed by atoms with E-state index in [9.17, 15) is 4.79 Å². The minimum Gasteiger partial charge on any atom is -0.339 e. The fraction of sp³-hybridized carbons (Fsp3) is 0.526. The standard InChI is InChI=1S/C19H25N5OS/c1-14(15-5-3-2-4-6-15)23-9-11-24(12-10-23)17(25)13-26-19-20-18(21-22-19)16-7-8-16/h2-6,14,16H,7-13H2,1H3,(H,20,21,22)/t14-/m1/s1. The van der Waals surface area contributed by atoms with E-state index < -0.39 is 0 Å². The quantitative estimate of drug-likeness (QED) is 0.791. The van der Waals surface area contributed by atoms with E-state index in [4.69, 9.17) is 0 Å². The molecule has 6 nitrogen and oxygen atoms in total. The van der Waals surface area contributed by atoms with Gasteiger partial charge in [-0.2, -0.15) is 0 Å². The van der Waals surface area contributed by atoms with Crippen molar-refractivity contribution in [2.24, 2.45) is 0 Å². The molecule has 2 heterocycles. The highest BCUT2D eigenvalue weighted by Crippen LogP contribution is 2.38. The van der Waals surface area contributed by atoms with Crippen molar-refractivity contribution in [3.63, 3.8) is 0 Å². The second-order valence-corrected chi connectivity index (χ2v) is 8.01. The molecule has 1 amide bonds. The molecule has 1 aliphatic carbocycles. The number of rotatable bonds is 6. The Morgan fingerprint density at radius 1 is 1.23 bits per heavy atom. The third-order valence-electron chi connectivity index (χ3n) is 5.27. The summed E-state index contributed by atoms with van der Waals surface area (Å²) in [5.74, 6) is 2.13. The van der Waals surface area contributed by atoms with E-state index in [0.29, 0.717) is 22.9 Å². The van der Waals surface area contributed by atoms with Crippen LogP contribution in [-0.4, -0.2) is 62.8 Å². The number of piperazine rings is 1. The number of aromatic amines is 1. The van der Waals surface area contributed by atoms with Gasteiger partial charge < -0.3 is 4.90 Å². The first-order chi connectivity index (χ1) is 12.7. The van der Waals surface area contributed by atoms with Crippen LogP contribution in [0.4, 0.5) is 0 Å². The van der Waals surface area contributed by atoms with Crippen molar-refractivity contribution in [2.45, 2.75) is 36.9 Å². The van der Waals surface area contributed by atoms with Crippen LogP contribution in [0, 0.1) is 0 Å². The summed E-state index contributed by atoms with van der Waals surface area (Å²) in [6, 6.07) is 10.9. The van der Waals surface area contributed by atoms with Crippen molar-refractivity contribution >= 4 is 17.7 Å². The van der Waals surface area contributed by atoms with Gasteiger partial charge >= 0.3 is 0 Å². The molecule has 0 radical (unpaired) electrons. The lowest BCUT2D eigenvalue weighted by atomic mass is 10.1. The molecule has 1 atom stereocenters. The molecule has 7 heteroatoms. The number of nitrogens with one attached hydrogen (secondary N) is 1. The number of H-pyrrole nitrogens is 1. The number of aromatic nitrogens is 3. The van der Waals surface area contributed by atoms with Crippen LogP contribution in [0.5, 0.6) is 0 Å². The van der Waals surface area contributed by atoms with E-state index in [2.05, 4.69) is 51.3 Å². The van der Waals surface area contributed by atoms with Crippen LogP contribution in [0.2, 0.25) is 0 Å². The summed E-state index contributed by atoms with van der Waals surface area (Å²) in [5, 5.41) is 7.89. The fourth-order valence-electron chi connectivity index (χ4n) is 3.38. The summed E-state index contributed by atoms with van der Waals surface area (Å²) in [4.78, 5) is 21.4. The molecule has 0 spiro atoms. The Kier molecular flexibility index (Phi) is 5.26. The number of hydrogen-bond donors (Lipinski definition) is 1. The summed E-state index contributed by atoms with van der Waals surface area (Å²) in [6.45, 7) is 5.65. The average molecular weight is 372 g/mol. The van der Waals surface area contributed by atoms with Crippen molar-refractivity contribution in [2.75, 3.05) is 31.9 Å². The van der Waals surface area contributed by atoms with E-state index >= 15 is 0 Å². The van der Waals surface area contributed by atoms with Crippen LogP contribution in [0.25, 0.3) is 0 Å². The Hall–Kier alpha value is -1.86. The van der Waals surface area contributed by atoms with Gasteiger partial charge in [-0.3, -0.25) is 14.8 Å². The van der Waals surface area contributed by atoms with Gasteiger partial charge in [0.1, 0.15) is 5.82 Å². The van der Waals surface area contributed by atoms with Gasteiger partial charge in [0, 0.05) is 38.1 Å². The zero-order chi connectivity index (χ0) is 17.9. The number of benzene rings is 1. The molecule has 1 N–H and O–H groups in total. The second-order valence-electron chi connectivity index (χ2n) is 7.07. The largest absolute Gasteiger partial charge is 0.339 e. The highest BCUT2D eigenvalue weighted by atomic mass is 32.2. The first-order valence-corrected chi connectivity index (χ1v) is 10.3. The first kappa shape index (κ1) is 17.5. The van der Waals surface area contributed by atoms with Gasteiger partial charge in [0.2, 0.25) is 11.1 Å². The summed E-state index contributed by atoms with van der Waals surface area (Å²) in [7, 11) is 0. The normalized spacial score (nSPS) is 19.5. The minimum absolute atomic E-state index is 0.180. The Bertz CT molecular complexity index is 737. The highest BCUT2D eigenvalue weighted by Gasteiger charge is 2.28. The van der Waals surface area contributed by atoms with E-state index in [1.807, 2.05) is 11.0 Å². The van der Waals surface area contributed by atoms with E-state index in [1.54, 1.807) is 0 Å². The predicted molar refractivity (Wildman–Crippen MR) is 102 cm³/mol. The van der Waals surface area contributed by atoms with Gasteiger partial charge in [0.25, 0.3) is 0 Å². The van der Waals surface area contributed by atoms with Gasteiger partial charge in [-0.25, -0.2) is 4.98 Å². The van der Waals surface area contributed by atoms with Crippen molar-refractivity contribution in [1.29, 1.82) is 0 Å². The lowest BCUT2D eigenvalue weighted by Gasteiger charge is -2.38. The van der Waals surface area contributed by atoms with E-state index in [-0.39, 0.29) is 5.91 Å². The third-order valence-corrected chi connectivity index (χ3v) is 6.10. The number of carbonyl (C=O) groups is 1. The molecule has 1 saturated heterocycles. The fourth-order valence-corrected chi connectivity index (χ4v) is 4.09. The van der Waals surface area contributed by atoms with E-state index in [0.717, 1.165) is 32.0 Å². The molecule has 1 aromatic carbocycles. The molecule has 26 heavy (non-hydrogen) atoms. The van der Waals surface area contributed by atoms with Crippen LogP contribution >= 0.6 is 11.8 Å². The van der Waals surface area contributed by atoms with Crippen molar-refractivity contribution < 1.29 is 4.79 Å². The average Bonchev–Trinajstić information content (AvgIpc) is 3.44. The Labute approximate surface area is 158 Å². The summed E-state index contributed by atoms with van der Waals surface area (Å²) in [5.41, 5.74) is 1.33. The Balaban J connectivity index is 1.24. The second kappa shape index (κ2) is 7.80. The maximum absolute atomic E-state index is 12.5. The molecule has 2 aliphatic rings. The Morgan fingerprint density at radius 2 is 1.96 bits per heavy atom. The summed E-state index contributed by atoms with van der Waals surface area (Å²) < 4.78 is 0. The zero-order valence-electron chi connectivity index (χ0n) is 15.1. The van der Waals surface area contributed by atoms with Gasteiger partial charge in [-0.05, 0) is 25.3 Å². The molecular formula is C19H25N5OS. The van der Waals surface area contributed by atoms with Crippen LogP contribution in [0.3, 0.4) is 0 Å². The molecular weight excluding hydrogens is 346 g/mol. The molecule has 2 fully saturated rings. The minimum atomic E-state index is 0.180. The SMILES string of the molecule is C[C@H](c1ccccc1)N1CCN(C(=O)CSc2n[nH]c(C3CC3)n2)CC1. The van der Waals surface area contributed by atoms with Crippen LogP contribution in [-0.2, 0) is 4.79 Å². The smallest absolute Gasteiger partial charge is 0.233 e. The topological polar surface area (TPSA) is 65.1 Å². The lowest BCUT2D eigenvalue weighted by molar-refractivity contribution is -0.130. The van der Waals surface area contributed by atoms with Gasteiger partial charge in [0.15, 0.2) is 0 Å². The lowest BCUT2D eigenvalue weighted by Crippen LogP contribution is -2.49. The Morgan fingerprint density at radius 3 is 2.65 bits per heavy atom. The van der Waals surface area contributed by atoms with Gasteiger partial charge in [-0.1, -0.05) is 42.1 Å². The number of hydrogen-bond acceptors (Lipinski definition) is 5. The number of thioether (sulfide) groups is 1. The van der Waals surface area contributed by atoms with Crippen LogP contribution < -0.4 is 0 Å². The van der Waals surface area contributed by atoms with Crippen molar-refractivity contribution in [3.05, 3.63) is 41.7 Å². The molecule has 0 bridgehead atoms. The van der Waals surface area contributed by atoms with E-state index in [1.165, 1.54) is 30.2 Å². The third kappa shape index (κ3) is 4.10. The van der Waals surface area contributed by atoms with Crippen LogP contribution in [0.15, 0.2) is 35.5 Å². The number of carbonyl (C=O) groups excluding carboxylic acids is 1. The molecule has 1 saturated carbocycles. The van der Waals surface area contributed by atoms with Crippen molar-refractivity contribution in [3.8, 4) is 0 Å². The predicted octanol–water partition coefficient (Wildman–Crippen LogP) is 2.68. The molecule has 4 rings (SSSR count). The molecule has 1 aromatic heterocycles. The maximum Gasteiger partial charge on any atom is 0.233 e. The zero-order valence-corrected chi connectivity index (χ0v) is 15.9. The van der Waals surface area contributed by atoms with Gasteiger partial charge in [-0.15, -0.1) is 5.10 Å². The summed E-state index contributed by atoms with van der Waals surface area (Å²) >= 11 is 1.43. The van der Waals surface area contributed by atoms with Crippen LogP contribution in [0.1, 0.15) is 43.1 Å². The van der Waals surface area contributed by atoms with Gasteiger partial charge in [0.05, 0.1) is 5.75 Å². The van der Waals surface area contributed by atoms with Crippen molar-refractivity contribution in [1.82, 2.24) is 25.0 Å². The monoisotopic (exact) mass is 371 g/mol. The molecule has 1 aliphatic heterocycles. The molecule has 2 aromatic rings. The number of amides is 1. The highest BCUT2D eigenvalue weighted by molar-refractivity contribution is 7.99. The number of nitrogens with zero attached hydrogens (tertiary/aromatic N) is 4. The molecule has 0 unspecified atom stereocenters.